The van der Waals surface area contributed by atoms with Crippen LogP contribution >= 0.6 is 11.6 Å². The van der Waals surface area contributed by atoms with E-state index in [0.29, 0.717) is 30.1 Å². The second-order valence-electron chi connectivity index (χ2n) is 6.28. The lowest BCUT2D eigenvalue weighted by Crippen LogP contribution is -2.35. The van der Waals surface area contributed by atoms with Crippen molar-refractivity contribution >= 4 is 39.1 Å². The van der Waals surface area contributed by atoms with Gasteiger partial charge in [-0.25, -0.2) is 4.79 Å². The second-order valence-corrected chi connectivity index (χ2v) is 8.26. The summed E-state index contributed by atoms with van der Waals surface area (Å²) in [5.41, 5.74) is 1.17. The zero-order valence-electron chi connectivity index (χ0n) is 13.9. The lowest BCUT2D eigenvalue weighted by molar-refractivity contribution is 0.0540. The molecule has 2 aliphatic rings. The van der Waals surface area contributed by atoms with E-state index >= 15 is 0 Å². The SMILES string of the molecule is C=C(C)COC(=O)c1cc2c(cc1Cl)N1CCCCCC1=NS2(=O)=O. The smallest absolute Gasteiger partial charge is 0.340 e. The molecular formula is C17H19ClN2O4S. The molecule has 0 aromatic heterocycles. The van der Waals surface area contributed by atoms with E-state index in [9.17, 15) is 13.2 Å². The number of ether oxygens (including phenoxy) is 1. The minimum Gasteiger partial charge on any atom is -0.458 e. The lowest BCUT2D eigenvalue weighted by Gasteiger charge is -2.30. The van der Waals surface area contributed by atoms with Crippen molar-refractivity contribution in [3.63, 3.8) is 0 Å². The van der Waals surface area contributed by atoms with Gasteiger partial charge in [-0.05, 0) is 37.5 Å². The predicted octanol–water partition coefficient (Wildman–Crippen LogP) is 3.55. The van der Waals surface area contributed by atoms with E-state index in [2.05, 4.69) is 11.0 Å². The van der Waals surface area contributed by atoms with Gasteiger partial charge in [0.2, 0.25) is 0 Å². The molecule has 0 unspecified atom stereocenters. The van der Waals surface area contributed by atoms with Gasteiger partial charge < -0.3 is 9.64 Å². The molecular weight excluding hydrogens is 364 g/mol. The van der Waals surface area contributed by atoms with Crippen LogP contribution < -0.4 is 4.90 Å². The van der Waals surface area contributed by atoms with Gasteiger partial charge in [0.15, 0.2) is 0 Å². The minimum absolute atomic E-state index is 0.00942. The summed E-state index contributed by atoms with van der Waals surface area (Å²) in [7, 11) is -3.87. The number of halogens is 1. The van der Waals surface area contributed by atoms with Gasteiger partial charge in [0.05, 0.1) is 16.3 Å². The van der Waals surface area contributed by atoms with E-state index in [-0.39, 0.29) is 22.1 Å². The number of benzene rings is 1. The van der Waals surface area contributed by atoms with Gasteiger partial charge in [-0.1, -0.05) is 24.6 Å². The highest BCUT2D eigenvalue weighted by atomic mass is 35.5. The Balaban J connectivity index is 2.06. The fraction of sp³-hybridized carbons (Fsp3) is 0.412. The third kappa shape index (κ3) is 3.57. The van der Waals surface area contributed by atoms with Gasteiger partial charge in [-0.2, -0.15) is 8.42 Å². The molecule has 2 heterocycles. The number of anilines is 1. The molecule has 0 atom stereocenters. The third-order valence-electron chi connectivity index (χ3n) is 4.11. The first-order valence-electron chi connectivity index (χ1n) is 8.06. The van der Waals surface area contributed by atoms with Crippen LogP contribution in [0, 0.1) is 0 Å². The summed E-state index contributed by atoms with van der Waals surface area (Å²) in [5.74, 6) is -0.143. The number of rotatable bonds is 3. The van der Waals surface area contributed by atoms with Crippen molar-refractivity contribution < 1.29 is 17.9 Å². The van der Waals surface area contributed by atoms with Crippen LogP contribution in [-0.4, -0.2) is 33.4 Å². The van der Waals surface area contributed by atoms with Crippen molar-refractivity contribution in [3.8, 4) is 0 Å². The normalized spacial score (nSPS) is 18.5. The molecule has 1 fully saturated rings. The van der Waals surface area contributed by atoms with Crippen LogP contribution in [0.4, 0.5) is 5.69 Å². The van der Waals surface area contributed by atoms with Crippen LogP contribution in [0.25, 0.3) is 0 Å². The maximum absolute atomic E-state index is 12.6. The van der Waals surface area contributed by atoms with E-state index in [4.69, 9.17) is 16.3 Å². The molecule has 1 aromatic rings. The van der Waals surface area contributed by atoms with Crippen LogP contribution in [0.1, 0.15) is 43.0 Å². The van der Waals surface area contributed by atoms with Crippen LogP contribution in [0.15, 0.2) is 33.6 Å². The molecule has 25 heavy (non-hydrogen) atoms. The molecule has 0 radical (unpaired) electrons. The van der Waals surface area contributed by atoms with Crippen molar-refractivity contribution in [1.29, 1.82) is 0 Å². The quantitative estimate of drug-likeness (QED) is 0.590. The molecule has 3 rings (SSSR count). The van der Waals surface area contributed by atoms with Crippen molar-refractivity contribution in [2.24, 2.45) is 4.40 Å². The number of fused-ring (bicyclic) bond motifs is 3. The first-order valence-corrected chi connectivity index (χ1v) is 9.88. The second kappa shape index (κ2) is 6.80. The Morgan fingerprint density at radius 3 is 2.84 bits per heavy atom. The molecule has 6 nitrogen and oxygen atoms in total. The number of amidine groups is 1. The summed E-state index contributed by atoms with van der Waals surface area (Å²) in [4.78, 5) is 14.1. The molecule has 0 bridgehead atoms. The van der Waals surface area contributed by atoms with E-state index in [0.717, 1.165) is 19.3 Å². The zero-order chi connectivity index (χ0) is 18.2. The average Bonchev–Trinajstić information content (AvgIpc) is 2.76. The largest absolute Gasteiger partial charge is 0.458 e. The van der Waals surface area contributed by atoms with Gasteiger partial charge >= 0.3 is 5.97 Å². The molecule has 0 aliphatic carbocycles. The molecule has 0 amide bonds. The number of carbonyl (C=O) groups is 1. The summed E-state index contributed by atoms with van der Waals surface area (Å²) < 4.78 is 34.2. The number of sulfonamides is 1. The number of esters is 1. The van der Waals surface area contributed by atoms with Crippen molar-refractivity contribution in [3.05, 3.63) is 34.9 Å². The number of hydrogen-bond donors (Lipinski definition) is 0. The number of hydrogen-bond acceptors (Lipinski definition) is 5. The molecule has 8 heteroatoms. The standard InChI is InChI=1S/C17H19ClN2O4S/c1-11(2)10-24-17(21)12-8-15-14(9-13(12)18)20-7-5-3-4-6-16(20)19-25(15,22)23/h8-9H,1,3-7,10H2,2H3. The summed E-state index contributed by atoms with van der Waals surface area (Å²) in [6.07, 6.45) is 3.47. The molecule has 2 aliphatic heterocycles. The topological polar surface area (TPSA) is 76.0 Å². The molecule has 1 saturated heterocycles. The Hall–Kier alpha value is -1.86. The minimum atomic E-state index is -3.87. The van der Waals surface area contributed by atoms with Crippen LogP contribution in [-0.2, 0) is 14.8 Å². The maximum atomic E-state index is 12.6. The zero-order valence-corrected chi connectivity index (χ0v) is 15.5. The molecule has 0 N–H and O–H groups in total. The monoisotopic (exact) mass is 382 g/mol. The predicted molar refractivity (Wildman–Crippen MR) is 97.0 cm³/mol. The molecule has 0 saturated carbocycles. The number of nitrogens with zero attached hydrogens (tertiary/aromatic N) is 2. The lowest BCUT2D eigenvalue weighted by atomic mass is 10.1. The van der Waals surface area contributed by atoms with Gasteiger partial charge in [0.25, 0.3) is 10.0 Å². The third-order valence-corrected chi connectivity index (χ3v) is 5.75. The Morgan fingerprint density at radius 1 is 1.36 bits per heavy atom. The van der Waals surface area contributed by atoms with Gasteiger partial charge in [0, 0.05) is 13.0 Å². The van der Waals surface area contributed by atoms with Crippen molar-refractivity contribution in [1.82, 2.24) is 0 Å². The van der Waals surface area contributed by atoms with E-state index < -0.39 is 16.0 Å². The summed E-state index contributed by atoms with van der Waals surface area (Å²) >= 11 is 6.25. The summed E-state index contributed by atoms with van der Waals surface area (Å²) in [6.45, 7) is 6.11. The fourth-order valence-corrected chi connectivity index (χ4v) is 4.42. The Bertz CT molecular complexity index is 877. The summed E-state index contributed by atoms with van der Waals surface area (Å²) in [5, 5.41) is 0.158. The van der Waals surface area contributed by atoms with Crippen molar-refractivity contribution in [2.45, 2.75) is 37.5 Å². The Kier molecular flexibility index (Phi) is 4.88. The molecule has 0 spiro atoms. The van der Waals surface area contributed by atoms with E-state index in [1.807, 2.05) is 4.90 Å². The molecule has 1 aromatic carbocycles. The van der Waals surface area contributed by atoms with Crippen LogP contribution in [0.5, 0.6) is 0 Å². The van der Waals surface area contributed by atoms with E-state index in [1.54, 1.807) is 6.92 Å². The van der Waals surface area contributed by atoms with Crippen LogP contribution in [0.3, 0.4) is 0 Å². The molecule has 134 valence electrons. The Labute approximate surface area is 152 Å². The first kappa shape index (κ1) is 17.9. The van der Waals surface area contributed by atoms with Crippen molar-refractivity contribution in [2.75, 3.05) is 18.1 Å². The van der Waals surface area contributed by atoms with Gasteiger partial charge in [-0.3, -0.25) is 0 Å². The Morgan fingerprint density at radius 2 is 2.12 bits per heavy atom. The van der Waals surface area contributed by atoms with Crippen LogP contribution in [0.2, 0.25) is 5.02 Å². The summed E-state index contributed by atoms with van der Waals surface area (Å²) in [6, 6.07) is 2.78. The highest BCUT2D eigenvalue weighted by Crippen LogP contribution is 2.38. The first-order chi connectivity index (χ1) is 11.8. The fourth-order valence-electron chi connectivity index (χ4n) is 2.92. The van der Waals surface area contributed by atoms with Gasteiger partial charge in [-0.15, -0.1) is 4.40 Å². The highest BCUT2D eigenvalue weighted by Gasteiger charge is 2.33. The van der Waals surface area contributed by atoms with Gasteiger partial charge in [0.1, 0.15) is 17.3 Å². The highest BCUT2D eigenvalue weighted by molar-refractivity contribution is 7.90. The van der Waals surface area contributed by atoms with E-state index in [1.165, 1.54) is 12.1 Å². The maximum Gasteiger partial charge on any atom is 0.340 e. The number of carbonyl (C=O) groups excluding carboxylic acids is 1. The average molecular weight is 383 g/mol.